The summed E-state index contributed by atoms with van der Waals surface area (Å²) in [5, 5.41) is 5.35. The highest BCUT2D eigenvalue weighted by Crippen LogP contribution is 2.41. The second-order valence-electron chi connectivity index (χ2n) is 8.46. The minimum atomic E-state index is -0.452. The van der Waals surface area contributed by atoms with Crippen LogP contribution in [0, 0.1) is 0 Å². The maximum absolute atomic E-state index is 13.7. The van der Waals surface area contributed by atoms with E-state index in [1.165, 1.54) is 6.42 Å². The van der Waals surface area contributed by atoms with Gasteiger partial charge in [0.15, 0.2) is 0 Å². The molecule has 4 rings (SSSR count). The number of benzene rings is 3. The molecule has 3 nitrogen and oxygen atoms in total. The molecule has 1 amide bonds. The van der Waals surface area contributed by atoms with Crippen molar-refractivity contribution in [1.82, 2.24) is 0 Å². The summed E-state index contributed by atoms with van der Waals surface area (Å²) in [4.78, 5) is 13.7. The number of ether oxygens (including phenoxy) is 1. The van der Waals surface area contributed by atoms with Crippen LogP contribution in [-0.2, 0) is 10.2 Å². The molecule has 3 aromatic rings. The number of carbonyl (C=O) groups is 1. The summed E-state index contributed by atoms with van der Waals surface area (Å²) in [6.45, 7) is 4.20. The topological polar surface area (TPSA) is 38.3 Å². The molecular weight excluding hydrogens is 370 g/mol. The minimum absolute atomic E-state index is 0.106. The molecule has 1 saturated carbocycles. The largest absolute Gasteiger partial charge is 0.490 e. The van der Waals surface area contributed by atoms with Crippen molar-refractivity contribution in [2.75, 3.05) is 5.32 Å². The molecule has 0 aromatic heterocycles. The zero-order valence-electron chi connectivity index (χ0n) is 18.0. The number of anilines is 1. The number of nitrogens with one attached hydrogen (secondary N) is 1. The second-order valence-corrected chi connectivity index (χ2v) is 8.46. The molecule has 1 fully saturated rings. The number of amides is 1. The summed E-state index contributed by atoms with van der Waals surface area (Å²) in [6, 6.07) is 22.4. The average Bonchev–Trinajstić information content (AvgIpc) is 2.81. The summed E-state index contributed by atoms with van der Waals surface area (Å²) in [5.41, 5.74) is 1.53. The lowest BCUT2D eigenvalue weighted by atomic mass is 9.68. The van der Waals surface area contributed by atoms with Crippen LogP contribution in [0.2, 0.25) is 0 Å². The summed E-state index contributed by atoms with van der Waals surface area (Å²) in [7, 11) is 0. The van der Waals surface area contributed by atoms with Crippen molar-refractivity contribution in [2.45, 2.75) is 63.9 Å². The predicted molar refractivity (Wildman–Crippen MR) is 124 cm³/mol. The molecular formula is C27H31NO2. The molecule has 3 aromatic carbocycles. The van der Waals surface area contributed by atoms with Gasteiger partial charge in [0.25, 0.3) is 0 Å². The van der Waals surface area contributed by atoms with Gasteiger partial charge in [-0.2, -0.15) is 0 Å². The average molecular weight is 402 g/mol. The molecule has 1 unspecified atom stereocenters. The van der Waals surface area contributed by atoms with E-state index in [4.69, 9.17) is 4.74 Å². The van der Waals surface area contributed by atoms with E-state index in [-0.39, 0.29) is 12.0 Å². The maximum atomic E-state index is 13.7. The van der Waals surface area contributed by atoms with Crippen LogP contribution in [0.4, 0.5) is 5.69 Å². The maximum Gasteiger partial charge on any atom is 0.235 e. The van der Waals surface area contributed by atoms with Gasteiger partial charge in [-0.1, -0.05) is 80.8 Å². The van der Waals surface area contributed by atoms with Gasteiger partial charge in [-0.3, -0.25) is 4.79 Å². The van der Waals surface area contributed by atoms with Crippen LogP contribution in [0.5, 0.6) is 5.75 Å². The number of hydrogen-bond donors (Lipinski definition) is 1. The Kier molecular flexibility index (Phi) is 6.08. The quantitative estimate of drug-likeness (QED) is 0.490. The summed E-state index contributed by atoms with van der Waals surface area (Å²) >= 11 is 0. The fourth-order valence-electron chi connectivity index (χ4n) is 4.58. The van der Waals surface area contributed by atoms with Crippen LogP contribution in [0.25, 0.3) is 10.8 Å². The van der Waals surface area contributed by atoms with Crippen LogP contribution in [0.1, 0.15) is 57.9 Å². The molecule has 1 N–H and O–H groups in total. The van der Waals surface area contributed by atoms with Gasteiger partial charge in [-0.05, 0) is 43.9 Å². The molecule has 0 spiro atoms. The van der Waals surface area contributed by atoms with Gasteiger partial charge >= 0.3 is 0 Å². The van der Waals surface area contributed by atoms with Gasteiger partial charge < -0.3 is 10.1 Å². The van der Waals surface area contributed by atoms with E-state index < -0.39 is 5.41 Å². The fraction of sp³-hybridized carbons (Fsp3) is 0.370. The van der Waals surface area contributed by atoms with Gasteiger partial charge in [-0.15, -0.1) is 0 Å². The number of hydrogen-bond acceptors (Lipinski definition) is 2. The van der Waals surface area contributed by atoms with E-state index in [1.807, 2.05) is 42.5 Å². The van der Waals surface area contributed by atoms with Crippen LogP contribution in [0.15, 0.2) is 66.7 Å². The number of rotatable bonds is 6. The highest BCUT2D eigenvalue weighted by atomic mass is 16.5. The first kappa shape index (κ1) is 20.5. The third kappa shape index (κ3) is 3.94. The van der Waals surface area contributed by atoms with Crippen LogP contribution < -0.4 is 10.1 Å². The minimum Gasteiger partial charge on any atom is -0.490 e. The van der Waals surface area contributed by atoms with Gasteiger partial charge in [0, 0.05) is 16.5 Å². The van der Waals surface area contributed by atoms with Crippen molar-refractivity contribution in [2.24, 2.45) is 0 Å². The van der Waals surface area contributed by atoms with Crippen molar-refractivity contribution in [3.05, 3.63) is 72.3 Å². The molecule has 0 aliphatic heterocycles. The Hall–Kier alpha value is -2.81. The molecule has 0 radical (unpaired) electrons. The van der Waals surface area contributed by atoms with E-state index in [1.54, 1.807) is 0 Å². The molecule has 30 heavy (non-hydrogen) atoms. The SMILES string of the molecule is CCC(C)Oc1ccc(NC(=O)C2(c3ccccc3)CCCCC2)c2ccccc12. The molecule has 1 aliphatic rings. The zero-order valence-corrected chi connectivity index (χ0v) is 18.0. The normalized spacial score (nSPS) is 16.7. The molecule has 0 saturated heterocycles. The van der Waals surface area contributed by atoms with Crippen molar-refractivity contribution in [1.29, 1.82) is 0 Å². The summed E-state index contributed by atoms with van der Waals surface area (Å²) in [6.07, 6.45) is 6.28. The highest BCUT2D eigenvalue weighted by molar-refractivity contribution is 6.07. The lowest BCUT2D eigenvalue weighted by Gasteiger charge is -2.36. The Bertz CT molecular complexity index is 1010. The molecule has 0 bridgehead atoms. The summed E-state index contributed by atoms with van der Waals surface area (Å²) < 4.78 is 6.13. The molecule has 1 aliphatic carbocycles. The predicted octanol–water partition coefficient (Wildman–Crippen LogP) is 6.86. The highest BCUT2D eigenvalue weighted by Gasteiger charge is 2.41. The Balaban J connectivity index is 1.69. The molecule has 0 heterocycles. The van der Waals surface area contributed by atoms with Crippen LogP contribution in [0.3, 0.4) is 0 Å². The first-order valence-corrected chi connectivity index (χ1v) is 11.2. The monoisotopic (exact) mass is 401 g/mol. The fourth-order valence-corrected chi connectivity index (χ4v) is 4.58. The first-order valence-electron chi connectivity index (χ1n) is 11.2. The van der Waals surface area contributed by atoms with Crippen molar-refractivity contribution < 1.29 is 9.53 Å². The second kappa shape index (κ2) is 8.91. The number of carbonyl (C=O) groups excluding carboxylic acids is 1. The van der Waals surface area contributed by atoms with E-state index >= 15 is 0 Å². The van der Waals surface area contributed by atoms with E-state index in [9.17, 15) is 4.79 Å². The summed E-state index contributed by atoms with van der Waals surface area (Å²) in [5.74, 6) is 0.975. The smallest absolute Gasteiger partial charge is 0.235 e. The zero-order chi connectivity index (χ0) is 21.0. The number of fused-ring (bicyclic) bond motifs is 1. The Morgan fingerprint density at radius 3 is 2.30 bits per heavy atom. The first-order chi connectivity index (χ1) is 14.6. The Morgan fingerprint density at radius 1 is 0.933 bits per heavy atom. The molecule has 3 heteroatoms. The van der Waals surface area contributed by atoms with Crippen molar-refractivity contribution in [3.8, 4) is 5.75 Å². The van der Waals surface area contributed by atoms with E-state index in [2.05, 4.69) is 43.4 Å². The Morgan fingerprint density at radius 2 is 1.60 bits per heavy atom. The van der Waals surface area contributed by atoms with Gasteiger partial charge in [-0.25, -0.2) is 0 Å². The third-order valence-electron chi connectivity index (χ3n) is 6.50. The lowest BCUT2D eigenvalue weighted by Crippen LogP contribution is -2.42. The van der Waals surface area contributed by atoms with Crippen molar-refractivity contribution in [3.63, 3.8) is 0 Å². The van der Waals surface area contributed by atoms with Crippen LogP contribution >= 0.6 is 0 Å². The van der Waals surface area contributed by atoms with Gasteiger partial charge in [0.05, 0.1) is 11.5 Å². The van der Waals surface area contributed by atoms with Gasteiger partial charge in [0.2, 0.25) is 5.91 Å². The van der Waals surface area contributed by atoms with Crippen molar-refractivity contribution >= 4 is 22.4 Å². The standard InChI is InChI=1S/C27H31NO2/c1-3-20(2)30-25-17-16-24(22-14-8-9-15-23(22)25)28-26(29)27(18-10-5-11-19-27)21-12-6-4-7-13-21/h4,6-9,12-17,20H,3,5,10-11,18-19H2,1-2H3,(H,28,29). The molecule has 1 atom stereocenters. The van der Waals surface area contributed by atoms with E-state index in [0.29, 0.717) is 0 Å². The van der Waals surface area contributed by atoms with E-state index in [0.717, 1.165) is 59.9 Å². The molecule has 156 valence electrons. The lowest BCUT2D eigenvalue weighted by molar-refractivity contribution is -0.122. The van der Waals surface area contributed by atoms with Crippen LogP contribution in [-0.4, -0.2) is 12.0 Å². The van der Waals surface area contributed by atoms with Gasteiger partial charge in [0.1, 0.15) is 5.75 Å². The Labute approximate surface area is 179 Å². The third-order valence-corrected chi connectivity index (χ3v) is 6.50.